The van der Waals surface area contributed by atoms with Crippen molar-refractivity contribution in [3.8, 4) is 0 Å². The largest absolute Gasteiger partial charge is 0.393 e. The molecule has 1 aliphatic carbocycles. The number of nitrogens with zero attached hydrogens (tertiary/aromatic N) is 2. The number of anilines is 1. The van der Waals surface area contributed by atoms with E-state index >= 15 is 0 Å². The van der Waals surface area contributed by atoms with Gasteiger partial charge >= 0.3 is 0 Å². The number of para-hydroxylation sites is 1. The number of hydrogen-bond donors (Lipinski definition) is 1. The normalized spacial score (nSPS) is 28.8. The molecular weight excluding hydrogens is 236 g/mol. The van der Waals surface area contributed by atoms with Crippen LogP contribution in [0.4, 0.5) is 5.69 Å². The molecule has 1 saturated carbocycles. The standard InChI is InChI=1S/C16H24N2O/c19-16-8-4-5-14(16)13-17-9-11-18(12-10-17)15-6-2-1-3-7-15/h1-3,6-7,14,16,19H,4-5,8-13H2. The first-order chi connectivity index (χ1) is 9.33. The van der Waals surface area contributed by atoms with Crippen LogP contribution in [0.2, 0.25) is 0 Å². The van der Waals surface area contributed by atoms with Crippen LogP contribution >= 0.6 is 0 Å². The molecule has 2 aliphatic rings. The molecule has 1 aliphatic heterocycles. The lowest BCUT2D eigenvalue weighted by atomic mass is 10.0. The van der Waals surface area contributed by atoms with E-state index in [0.717, 1.165) is 39.1 Å². The van der Waals surface area contributed by atoms with Gasteiger partial charge in [-0.05, 0) is 30.9 Å². The van der Waals surface area contributed by atoms with Crippen molar-refractivity contribution >= 4 is 5.69 Å². The molecule has 3 heteroatoms. The highest BCUT2D eigenvalue weighted by atomic mass is 16.3. The third kappa shape index (κ3) is 3.10. The number of aliphatic hydroxyl groups is 1. The molecule has 1 heterocycles. The number of benzene rings is 1. The van der Waals surface area contributed by atoms with E-state index < -0.39 is 0 Å². The molecule has 3 nitrogen and oxygen atoms in total. The van der Waals surface area contributed by atoms with Gasteiger partial charge in [0.1, 0.15) is 0 Å². The van der Waals surface area contributed by atoms with E-state index in [1.54, 1.807) is 0 Å². The van der Waals surface area contributed by atoms with Gasteiger partial charge in [-0.3, -0.25) is 4.90 Å². The Balaban J connectivity index is 1.49. The number of piperazine rings is 1. The minimum Gasteiger partial charge on any atom is -0.393 e. The Labute approximate surface area is 115 Å². The van der Waals surface area contributed by atoms with Crippen LogP contribution in [-0.4, -0.2) is 48.8 Å². The van der Waals surface area contributed by atoms with Crippen molar-refractivity contribution in [3.63, 3.8) is 0 Å². The zero-order valence-corrected chi connectivity index (χ0v) is 11.5. The van der Waals surface area contributed by atoms with E-state index in [9.17, 15) is 5.11 Å². The summed E-state index contributed by atoms with van der Waals surface area (Å²) in [5.41, 5.74) is 1.34. The summed E-state index contributed by atoms with van der Waals surface area (Å²) >= 11 is 0. The molecule has 0 radical (unpaired) electrons. The zero-order valence-electron chi connectivity index (χ0n) is 11.5. The molecule has 2 fully saturated rings. The average Bonchev–Trinajstić information content (AvgIpc) is 2.86. The SMILES string of the molecule is OC1CCCC1CN1CCN(c2ccccc2)CC1. The van der Waals surface area contributed by atoms with Gasteiger partial charge in [-0.15, -0.1) is 0 Å². The predicted molar refractivity (Wildman–Crippen MR) is 78.4 cm³/mol. The van der Waals surface area contributed by atoms with Gasteiger partial charge in [0.25, 0.3) is 0 Å². The van der Waals surface area contributed by atoms with Crippen LogP contribution in [0.15, 0.2) is 30.3 Å². The first kappa shape index (κ1) is 12.9. The van der Waals surface area contributed by atoms with Crippen molar-refractivity contribution in [2.75, 3.05) is 37.6 Å². The molecule has 2 atom stereocenters. The zero-order chi connectivity index (χ0) is 13.1. The number of aliphatic hydroxyl groups excluding tert-OH is 1. The Bertz CT molecular complexity index is 387. The smallest absolute Gasteiger partial charge is 0.0580 e. The molecule has 1 saturated heterocycles. The van der Waals surface area contributed by atoms with Crippen LogP contribution in [0.1, 0.15) is 19.3 Å². The third-order valence-corrected chi connectivity index (χ3v) is 4.61. The Kier molecular flexibility index (Phi) is 4.04. The molecule has 0 bridgehead atoms. The molecule has 0 spiro atoms. The molecular formula is C16H24N2O. The Morgan fingerprint density at radius 3 is 2.37 bits per heavy atom. The Hall–Kier alpha value is -1.06. The van der Waals surface area contributed by atoms with Crippen LogP contribution in [0.5, 0.6) is 0 Å². The second-order valence-electron chi connectivity index (χ2n) is 5.88. The maximum absolute atomic E-state index is 9.91. The fourth-order valence-electron chi connectivity index (χ4n) is 3.39. The monoisotopic (exact) mass is 260 g/mol. The van der Waals surface area contributed by atoms with E-state index in [-0.39, 0.29) is 6.10 Å². The van der Waals surface area contributed by atoms with E-state index in [0.29, 0.717) is 5.92 Å². The van der Waals surface area contributed by atoms with Gasteiger partial charge in [-0.1, -0.05) is 24.6 Å². The van der Waals surface area contributed by atoms with Crippen molar-refractivity contribution < 1.29 is 5.11 Å². The maximum atomic E-state index is 9.91. The Morgan fingerprint density at radius 1 is 1.00 bits per heavy atom. The molecule has 1 aromatic carbocycles. The maximum Gasteiger partial charge on any atom is 0.0580 e. The van der Waals surface area contributed by atoms with Crippen molar-refractivity contribution in [3.05, 3.63) is 30.3 Å². The fraction of sp³-hybridized carbons (Fsp3) is 0.625. The predicted octanol–water partition coefficient (Wildman–Crippen LogP) is 1.97. The van der Waals surface area contributed by atoms with Crippen LogP contribution in [0.3, 0.4) is 0 Å². The fourth-order valence-corrected chi connectivity index (χ4v) is 3.39. The van der Waals surface area contributed by atoms with Crippen LogP contribution in [-0.2, 0) is 0 Å². The van der Waals surface area contributed by atoms with Crippen molar-refractivity contribution in [1.82, 2.24) is 4.90 Å². The molecule has 2 unspecified atom stereocenters. The quantitative estimate of drug-likeness (QED) is 0.900. The minimum absolute atomic E-state index is 0.0489. The number of rotatable bonds is 3. The van der Waals surface area contributed by atoms with Crippen molar-refractivity contribution in [1.29, 1.82) is 0 Å². The summed E-state index contributed by atoms with van der Waals surface area (Å²) in [6.45, 7) is 5.54. The van der Waals surface area contributed by atoms with E-state index in [1.807, 2.05) is 0 Å². The third-order valence-electron chi connectivity index (χ3n) is 4.61. The van der Waals surface area contributed by atoms with Gasteiger partial charge in [0.05, 0.1) is 6.10 Å². The molecule has 1 aromatic rings. The molecule has 0 amide bonds. The first-order valence-electron chi connectivity index (χ1n) is 7.53. The average molecular weight is 260 g/mol. The molecule has 19 heavy (non-hydrogen) atoms. The molecule has 3 rings (SSSR count). The van der Waals surface area contributed by atoms with Gasteiger partial charge < -0.3 is 10.0 Å². The summed E-state index contributed by atoms with van der Waals surface area (Å²) in [5.74, 6) is 0.517. The topological polar surface area (TPSA) is 26.7 Å². The van der Waals surface area contributed by atoms with E-state index in [4.69, 9.17) is 0 Å². The summed E-state index contributed by atoms with van der Waals surface area (Å²) < 4.78 is 0. The van der Waals surface area contributed by atoms with Crippen molar-refractivity contribution in [2.24, 2.45) is 5.92 Å². The second kappa shape index (κ2) is 5.93. The summed E-state index contributed by atoms with van der Waals surface area (Å²) in [5, 5.41) is 9.91. The summed E-state index contributed by atoms with van der Waals surface area (Å²) in [6.07, 6.45) is 3.37. The molecule has 1 N–H and O–H groups in total. The number of hydrogen-bond acceptors (Lipinski definition) is 3. The molecule has 0 aromatic heterocycles. The lowest BCUT2D eigenvalue weighted by Gasteiger charge is -2.37. The highest BCUT2D eigenvalue weighted by Gasteiger charge is 2.28. The van der Waals surface area contributed by atoms with Crippen LogP contribution in [0, 0.1) is 5.92 Å². The van der Waals surface area contributed by atoms with E-state index in [2.05, 4.69) is 40.1 Å². The van der Waals surface area contributed by atoms with Gasteiger partial charge in [0.2, 0.25) is 0 Å². The van der Waals surface area contributed by atoms with Gasteiger partial charge in [0.15, 0.2) is 0 Å². The lowest BCUT2D eigenvalue weighted by Crippen LogP contribution is -2.48. The Morgan fingerprint density at radius 2 is 1.74 bits per heavy atom. The van der Waals surface area contributed by atoms with Gasteiger partial charge in [0, 0.05) is 38.4 Å². The lowest BCUT2D eigenvalue weighted by molar-refractivity contribution is 0.0997. The van der Waals surface area contributed by atoms with Crippen molar-refractivity contribution in [2.45, 2.75) is 25.4 Å². The summed E-state index contributed by atoms with van der Waals surface area (Å²) in [4.78, 5) is 4.99. The summed E-state index contributed by atoms with van der Waals surface area (Å²) in [6, 6.07) is 10.7. The van der Waals surface area contributed by atoms with Crippen LogP contribution in [0.25, 0.3) is 0 Å². The highest BCUT2D eigenvalue weighted by Crippen LogP contribution is 2.27. The van der Waals surface area contributed by atoms with E-state index in [1.165, 1.54) is 18.5 Å². The van der Waals surface area contributed by atoms with Crippen LogP contribution < -0.4 is 4.90 Å². The minimum atomic E-state index is -0.0489. The molecule has 104 valence electrons. The van der Waals surface area contributed by atoms with Gasteiger partial charge in [-0.2, -0.15) is 0 Å². The second-order valence-corrected chi connectivity index (χ2v) is 5.88. The first-order valence-corrected chi connectivity index (χ1v) is 7.53. The van der Waals surface area contributed by atoms with Gasteiger partial charge in [-0.25, -0.2) is 0 Å². The highest BCUT2D eigenvalue weighted by molar-refractivity contribution is 5.46. The summed E-state index contributed by atoms with van der Waals surface area (Å²) in [7, 11) is 0.